The molecule has 0 fully saturated rings. The molecule has 0 saturated heterocycles. The smallest absolute Gasteiger partial charge is 0.442 e. The number of anilines is 1. The standard InChI is InChI=1S/C19H14F6N4O5/c1-8-2-3-9(17(32,19(23,24)25)15(30)34-16(31)18(20,21)22)4-10(8)11-5-28-14(26)13(29-11)12-6-27-7-33-12/h2-7,15,30,32H,1H3,(H2,26,28). The summed E-state index contributed by atoms with van der Waals surface area (Å²) >= 11 is 0. The number of alkyl halides is 6. The van der Waals surface area contributed by atoms with Crippen LogP contribution < -0.4 is 5.73 Å². The molecule has 2 heterocycles. The maximum absolute atomic E-state index is 13.8. The average molecular weight is 492 g/mol. The first-order chi connectivity index (χ1) is 15.7. The molecule has 2 aromatic heterocycles. The highest BCUT2D eigenvalue weighted by Gasteiger charge is 2.63. The molecule has 0 spiro atoms. The zero-order valence-corrected chi connectivity index (χ0v) is 16.8. The number of carbonyl (C=O) groups is 1. The monoisotopic (exact) mass is 492 g/mol. The molecule has 2 atom stereocenters. The summed E-state index contributed by atoms with van der Waals surface area (Å²) in [6.07, 6.45) is -11.7. The predicted octanol–water partition coefficient (Wildman–Crippen LogP) is 2.86. The fraction of sp³-hybridized carbons (Fsp3) is 0.263. The van der Waals surface area contributed by atoms with E-state index in [1.807, 2.05) is 0 Å². The summed E-state index contributed by atoms with van der Waals surface area (Å²) in [6.45, 7) is 1.46. The Morgan fingerprint density at radius 3 is 2.41 bits per heavy atom. The van der Waals surface area contributed by atoms with Crippen LogP contribution in [0, 0.1) is 6.92 Å². The Morgan fingerprint density at radius 1 is 1.18 bits per heavy atom. The molecular weight excluding hydrogens is 478 g/mol. The van der Waals surface area contributed by atoms with Crippen molar-refractivity contribution in [1.82, 2.24) is 15.0 Å². The minimum atomic E-state index is -5.78. The number of halogens is 6. The molecular formula is C19H14F6N4O5. The summed E-state index contributed by atoms with van der Waals surface area (Å²) in [5.41, 5.74) is 0.353. The van der Waals surface area contributed by atoms with Gasteiger partial charge < -0.3 is 25.1 Å². The number of nitrogens with zero attached hydrogens (tertiary/aromatic N) is 3. The van der Waals surface area contributed by atoms with Gasteiger partial charge >= 0.3 is 18.3 Å². The van der Waals surface area contributed by atoms with Crippen molar-refractivity contribution in [1.29, 1.82) is 0 Å². The van der Waals surface area contributed by atoms with Crippen LogP contribution in [0.1, 0.15) is 11.1 Å². The first-order valence-electron chi connectivity index (χ1n) is 9.04. The molecule has 15 heteroatoms. The molecule has 0 aliphatic heterocycles. The second kappa shape index (κ2) is 8.57. The lowest BCUT2D eigenvalue weighted by atomic mass is 9.89. The van der Waals surface area contributed by atoms with E-state index in [2.05, 4.69) is 19.7 Å². The molecule has 0 saturated carbocycles. The predicted molar refractivity (Wildman–Crippen MR) is 100 cm³/mol. The van der Waals surface area contributed by atoms with Crippen molar-refractivity contribution in [2.45, 2.75) is 31.2 Å². The number of carbonyl (C=O) groups excluding carboxylic acids is 1. The lowest BCUT2D eigenvalue weighted by Crippen LogP contribution is -2.54. The highest BCUT2D eigenvalue weighted by atomic mass is 19.4. The number of hydrogen-bond acceptors (Lipinski definition) is 9. The van der Waals surface area contributed by atoms with Crippen LogP contribution in [0.25, 0.3) is 22.7 Å². The summed E-state index contributed by atoms with van der Waals surface area (Å²) in [6, 6.07) is 2.47. The van der Waals surface area contributed by atoms with Crippen LogP contribution in [0.4, 0.5) is 32.2 Å². The number of ether oxygens (including phenoxy) is 1. The maximum Gasteiger partial charge on any atom is 0.491 e. The molecule has 0 aliphatic rings. The van der Waals surface area contributed by atoms with Crippen LogP contribution in [0.15, 0.2) is 41.4 Å². The number of nitrogen functional groups attached to an aromatic ring is 1. The van der Waals surface area contributed by atoms with Gasteiger partial charge in [0, 0.05) is 5.56 Å². The number of aryl methyl sites for hydroxylation is 1. The molecule has 4 N–H and O–H groups in total. The van der Waals surface area contributed by atoms with E-state index in [9.17, 15) is 41.4 Å². The third-order valence-electron chi connectivity index (χ3n) is 4.66. The van der Waals surface area contributed by atoms with Crippen molar-refractivity contribution >= 4 is 11.8 Å². The largest absolute Gasteiger partial charge is 0.491 e. The molecule has 0 radical (unpaired) electrons. The van der Waals surface area contributed by atoms with Gasteiger partial charge in [0.2, 0.25) is 11.9 Å². The highest BCUT2D eigenvalue weighted by molar-refractivity contribution is 5.76. The van der Waals surface area contributed by atoms with Crippen LogP contribution in [0.5, 0.6) is 0 Å². The number of aliphatic hydroxyl groups is 2. The van der Waals surface area contributed by atoms with Crippen LogP contribution in [0.2, 0.25) is 0 Å². The third kappa shape index (κ3) is 4.51. The maximum atomic E-state index is 13.8. The Balaban J connectivity index is 2.12. The van der Waals surface area contributed by atoms with Crippen LogP contribution in [0.3, 0.4) is 0 Å². The number of rotatable bonds is 5. The van der Waals surface area contributed by atoms with Gasteiger partial charge in [-0.2, -0.15) is 26.3 Å². The molecule has 3 rings (SSSR count). The number of aromatic nitrogens is 3. The van der Waals surface area contributed by atoms with Crippen LogP contribution in [-0.4, -0.2) is 49.8 Å². The Morgan fingerprint density at radius 2 is 1.85 bits per heavy atom. The zero-order chi connectivity index (χ0) is 25.5. The molecule has 182 valence electrons. The highest BCUT2D eigenvalue weighted by Crippen LogP contribution is 2.44. The quantitative estimate of drug-likeness (QED) is 0.278. The molecule has 9 nitrogen and oxygen atoms in total. The van der Waals surface area contributed by atoms with E-state index in [1.165, 1.54) is 13.1 Å². The van der Waals surface area contributed by atoms with E-state index >= 15 is 0 Å². The number of nitrogens with two attached hydrogens (primary N) is 1. The second-order valence-electron chi connectivity index (χ2n) is 6.90. The molecule has 0 bridgehead atoms. The number of esters is 1. The SMILES string of the molecule is Cc1ccc(C(O)(C(O)OC(=O)C(F)(F)F)C(F)(F)F)cc1-c1cnc(N)c(-c2cnco2)n1. The lowest BCUT2D eigenvalue weighted by Gasteiger charge is -2.34. The van der Waals surface area contributed by atoms with Gasteiger partial charge in [-0.05, 0) is 24.1 Å². The summed E-state index contributed by atoms with van der Waals surface area (Å²) in [4.78, 5) is 22.7. The van der Waals surface area contributed by atoms with Gasteiger partial charge in [-0.15, -0.1) is 0 Å². The Bertz CT molecular complexity index is 1200. The number of benzene rings is 1. The third-order valence-corrected chi connectivity index (χ3v) is 4.66. The minimum Gasteiger partial charge on any atom is -0.442 e. The van der Waals surface area contributed by atoms with Crippen molar-refractivity contribution in [3.63, 3.8) is 0 Å². The molecule has 0 amide bonds. The van der Waals surface area contributed by atoms with Gasteiger partial charge in [-0.25, -0.2) is 19.7 Å². The summed E-state index contributed by atoms with van der Waals surface area (Å²) in [5, 5.41) is 20.1. The van der Waals surface area contributed by atoms with E-state index in [1.54, 1.807) is 0 Å². The Kier molecular flexibility index (Phi) is 6.28. The first kappa shape index (κ1) is 24.9. The van der Waals surface area contributed by atoms with Gasteiger partial charge in [0.15, 0.2) is 23.7 Å². The van der Waals surface area contributed by atoms with E-state index < -0.39 is 35.8 Å². The fourth-order valence-electron chi connectivity index (χ4n) is 2.88. The normalized spacial score (nSPS) is 15.0. The van der Waals surface area contributed by atoms with E-state index in [-0.39, 0.29) is 28.5 Å². The molecule has 1 aromatic carbocycles. The summed E-state index contributed by atoms with van der Waals surface area (Å²) < 4.78 is 87.2. The Labute approximate surface area is 185 Å². The number of oxazole rings is 1. The minimum absolute atomic E-state index is 0.00923. The first-order valence-corrected chi connectivity index (χ1v) is 9.04. The van der Waals surface area contributed by atoms with Crippen LogP contribution in [-0.2, 0) is 15.1 Å². The topological polar surface area (TPSA) is 145 Å². The van der Waals surface area contributed by atoms with Gasteiger partial charge in [0.25, 0.3) is 0 Å². The number of aliphatic hydroxyl groups excluding tert-OH is 1. The molecule has 3 aromatic rings. The van der Waals surface area contributed by atoms with Crippen molar-refractivity contribution in [2.24, 2.45) is 0 Å². The van der Waals surface area contributed by atoms with E-state index in [0.29, 0.717) is 17.7 Å². The molecule has 34 heavy (non-hydrogen) atoms. The van der Waals surface area contributed by atoms with Gasteiger partial charge in [-0.3, -0.25) is 0 Å². The number of hydrogen-bond donors (Lipinski definition) is 3. The lowest BCUT2D eigenvalue weighted by molar-refractivity contribution is -0.340. The second-order valence-corrected chi connectivity index (χ2v) is 6.90. The van der Waals surface area contributed by atoms with Gasteiger partial charge in [0.1, 0.15) is 0 Å². The summed E-state index contributed by atoms with van der Waals surface area (Å²) in [5.74, 6) is -3.14. The van der Waals surface area contributed by atoms with E-state index in [0.717, 1.165) is 18.7 Å². The van der Waals surface area contributed by atoms with Crippen molar-refractivity contribution in [2.75, 3.05) is 5.73 Å². The summed E-state index contributed by atoms with van der Waals surface area (Å²) in [7, 11) is 0. The van der Waals surface area contributed by atoms with Gasteiger partial charge in [-0.1, -0.05) is 12.1 Å². The van der Waals surface area contributed by atoms with Crippen molar-refractivity contribution < 1.29 is 50.5 Å². The van der Waals surface area contributed by atoms with E-state index in [4.69, 9.17) is 10.2 Å². The average Bonchev–Trinajstić information content (AvgIpc) is 3.27. The zero-order valence-electron chi connectivity index (χ0n) is 16.8. The fourth-order valence-corrected chi connectivity index (χ4v) is 2.88. The van der Waals surface area contributed by atoms with Crippen molar-refractivity contribution in [3.05, 3.63) is 48.1 Å². The molecule has 2 unspecified atom stereocenters. The molecule has 0 aliphatic carbocycles. The Hall–Kier alpha value is -3.72. The van der Waals surface area contributed by atoms with Crippen LogP contribution >= 0.6 is 0 Å². The van der Waals surface area contributed by atoms with Crippen molar-refractivity contribution in [3.8, 4) is 22.7 Å². The van der Waals surface area contributed by atoms with Gasteiger partial charge in [0.05, 0.1) is 18.1 Å².